The van der Waals surface area contributed by atoms with Crippen molar-refractivity contribution in [2.75, 3.05) is 5.32 Å². The zero-order valence-corrected chi connectivity index (χ0v) is 10.5. The molecular weight excluding hydrogens is 210 g/mol. The van der Waals surface area contributed by atoms with Crippen LogP contribution in [0.15, 0.2) is 24.3 Å². The summed E-state index contributed by atoms with van der Waals surface area (Å²) in [4.78, 5) is 7.88. The standard InChI is InChI=1S/C14H19N3/c1-14(2)8-7-10(9-14)15-13-16-11-5-3-4-6-12(11)17-13/h3-6,10H,7-9H2,1-2H3,(H2,15,16,17). The van der Waals surface area contributed by atoms with Crippen LogP contribution < -0.4 is 5.32 Å². The predicted molar refractivity (Wildman–Crippen MR) is 71.1 cm³/mol. The van der Waals surface area contributed by atoms with Crippen molar-refractivity contribution >= 4 is 17.0 Å². The first-order valence-corrected chi connectivity index (χ1v) is 6.34. The van der Waals surface area contributed by atoms with E-state index in [1.807, 2.05) is 18.2 Å². The van der Waals surface area contributed by atoms with E-state index in [1.165, 1.54) is 19.3 Å². The Bertz CT molecular complexity index is 494. The van der Waals surface area contributed by atoms with Crippen molar-refractivity contribution in [2.24, 2.45) is 5.41 Å². The summed E-state index contributed by atoms with van der Waals surface area (Å²) in [7, 11) is 0. The number of hydrogen-bond acceptors (Lipinski definition) is 2. The molecule has 0 amide bonds. The van der Waals surface area contributed by atoms with Gasteiger partial charge in [-0.1, -0.05) is 26.0 Å². The minimum absolute atomic E-state index is 0.476. The van der Waals surface area contributed by atoms with Crippen LogP contribution in [0.1, 0.15) is 33.1 Å². The highest BCUT2D eigenvalue weighted by molar-refractivity contribution is 5.77. The number of fused-ring (bicyclic) bond motifs is 1. The minimum atomic E-state index is 0.476. The van der Waals surface area contributed by atoms with E-state index in [0.29, 0.717) is 11.5 Å². The molecule has 1 heterocycles. The average Bonchev–Trinajstić information content (AvgIpc) is 2.81. The number of H-pyrrole nitrogens is 1. The van der Waals surface area contributed by atoms with Crippen LogP contribution >= 0.6 is 0 Å². The topological polar surface area (TPSA) is 40.7 Å². The van der Waals surface area contributed by atoms with Gasteiger partial charge in [-0.3, -0.25) is 0 Å². The van der Waals surface area contributed by atoms with Crippen molar-refractivity contribution in [1.82, 2.24) is 9.97 Å². The molecule has 0 radical (unpaired) electrons. The zero-order chi connectivity index (χ0) is 11.9. The summed E-state index contributed by atoms with van der Waals surface area (Å²) in [5, 5.41) is 3.52. The molecular formula is C14H19N3. The number of aromatic amines is 1. The fourth-order valence-corrected chi connectivity index (χ4v) is 2.77. The lowest BCUT2D eigenvalue weighted by Gasteiger charge is -2.17. The highest BCUT2D eigenvalue weighted by Gasteiger charge is 2.31. The van der Waals surface area contributed by atoms with E-state index in [2.05, 4.69) is 35.2 Å². The first-order chi connectivity index (χ1) is 8.12. The molecule has 0 spiro atoms. The van der Waals surface area contributed by atoms with Gasteiger partial charge in [-0.15, -0.1) is 0 Å². The molecule has 17 heavy (non-hydrogen) atoms. The van der Waals surface area contributed by atoms with Crippen molar-refractivity contribution in [3.63, 3.8) is 0 Å². The molecule has 3 rings (SSSR count). The summed E-state index contributed by atoms with van der Waals surface area (Å²) in [6, 6.07) is 8.71. The molecule has 2 aromatic rings. The average molecular weight is 229 g/mol. The van der Waals surface area contributed by atoms with Gasteiger partial charge in [-0.25, -0.2) is 4.98 Å². The Hall–Kier alpha value is -1.51. The van der Waals surface area contributed by atoms with Crippen molar-refractivity contribution in [3.05, 3.63) is 24.3 Å². The largest absolute Gasteiger partial charge is 0.353 e. The minimum Gasteiger partial charge on any atom is -0.353 e. The molecule has 1 fully saturated rings. The molecule has 2 N–H and O–H groups in total. The molecule has 90 valence electrons. The third kappa shape index (κ3) is 2.14. The second-order valence-electron chi connectivity index (χ2n) is 5.85. The van der Waals surface area contributed by atoms with Crippen molar-refractivity contribution in [1.29, 1.82) is 0 Å². The number of nitrogens with zero attached hydrogens (tertiary/aromatic N) is 1. The fraction of sp³-hybridized carbons (Fsp3) is 0.500. The summed E-state index contributed by atoms with van der Waals surface area (Å²) in [5.74, 6) is 0.911. The maximum atomic E-state index is 4.56. The van der Waals surface area contributed by atoms with Crippen LogP contribution in [0, 0.1) is 5.41 Å². The van der Waals surface area contributed by atoms with E-state index in [0.717, 1.165) is 17.0 Å². The van der Waals surface area contributed by atoms with Crippen LogP contribution in [-0.2, 0) is 0 Å². The lowest BCUT2D eigenvalue weighted by molar-refractivity contribution is 0.378. The van der Waals surface area contributed by atoms with E-state index in [9.17, 15) is 0 Å². The SMILES string of the molecule is CC1(C)CCC(Nc2nc3ccccc3[nH]2)C1. The summed E-state index contributed by atoms with van der Waals surface area (Å²) >= 11 is 0. The van der Waals surface area contributed by atoms with Gasteiger partial charge in [0.1, 0.15) is 0 Å². The van der Waals surface area contributed by atoms with Gasteiger partial charge in [-0.2, -0.15) is 0 Å². The van der Waals surface area contributed by atoms with E-state index in [4.69, 9.17) is 0 Å². The van der Waals surface area contributed by atoms with Crippen LogP contribution in [-0.4, -0.2) is 16.0 Å². The Labute approximate surface area is 102 Å². The van der Waals surface area contributed by atoms with Gasteiger partial charge in [0.05, 0.1) is 11.0 Å². The molecule has 1 aliphatic rings. The lowest BCUT2D eigenvalue weighted by atomic mass is 9.92. The van der Waals surface area contributed by atoms with Gasteiger partial charge in [0.25, 0.3) is 0 Å². The Morgan fingerprint density at radius 1 is 1.35 bits per heavy atom. The smallest absolute Gasteiger partial charge is 0.201 e. The Balaban J connectivity index is 1.77. The molecule has 0 aliphatic heterocycles. The number of aromatic nitrogens is 2. The fourth-order valence-electron chi connectivity index (χ4n) is 2.77. The van der Waals surface area contributed by atoms with Gasteiger partial charge in [-0.05, 0) is 36.8 Å². The quantitative estimate of drug-likeness (QED) is 0.826. The third-order valence-corrected chi connectivity index (χ3v) is 3.70. The van der Waals surface area contributed by atoms with Crippen molar-refractivity contribution in [3.8, 4) is 0 Å². The number of para-hydroxylation sites is 2. The maximum absolute atomic E-state index is 4.56. The second-order valence-corrected chi connectivity index (χ2v) is 5.85. The van der Waals surface area contributed by atoms with Crippen molar-refractivity contribution < 1.29 is 0 Å². The first kappa shape index (κ1) is 10.6. The zero-order valence-electron chi connectivity index (χ0n) is 10.5. The molecule has 3 nitrogen and oxygen atoms in total. The number of imidazole rings is 1. The van der Waals surface area contributed by atoms with E-state index < -0.39 is 0 Å². The molecule has 1 aromatic carbocycles. The van der Waals surface area contributed by atoms with Crippen LogP contribution in [0.25, 0.3) is 11.0 Å². The Kier molecular flexibility index (Phi) is 2.35. The van der Waals surface area contributed by atoms with Crippen LogP contribution in [0.3, 0.4) is 0 Å². The molecule has 1 aromatic heterocycles. The summed E-state index contributed by atoms with van der Waals surface area (Å²) in [6.45, 7) is 4.68. The normalized spacial score (nSPS) is 23.1. The number of anilines is 1. The van der Waals surface area contributed by atoms with E-state index >= 15 is 0 Å². The number of benzene rings is 1. The Morgan fingerprint density at radius 3 is 2.88 bits per heavy atom. The second kappa shape index (κ2) is 3.76. The predicted octanol–water partition coefficient (Wildman–Crippen LogP) is 3.55. The third-order valence-electron chi connectivity index (χ3n) is 3.70. The summed E-state index contributed by atoms with van der Waals surface area (Å²) in [6.07, 6.45) is 3.76. The highest BCUT2D eigenvalue weighted by atomic mass is 15.1. The number of hydrogen-bond donors (Lipinski definition) is 2. The molecule has 1 atom stereocenters. The molecule has 1 aliphatic carbocycles. The van der Waals surface area contributed by atoms with Gasteiger partial charge >= 0.3 is 0 Å². The van der Waals surface area contributed by atoms with Gasteiger partial charge < -0.3 is 10.3 Å². The monoisotopic (exact) mass is 229 g/mol. The van der Waals surface area contributed by atoms with E-state index in [-0.39, 0.29) is 0 Å². The lowest BCUT2D eigenvalue weighted by Crippen LogP contribution is -2.18. The number of nitrogens with one attached hydrogen (secondary N) is 2. The molecule has 3 heteroatoms. The van der Waals surface area contributed by atoms with Crippen LogP contribution in [0.2, 0.25) is 0 Å². The maximum Gasteiger partial charge on any atom is 0.201 e. The van der Waals surface area contributed by atoms with Gasteiger partial charge in [0.15, 0.2) is 0 Å². The van der Waals surface area contributed by atoms with Gasteiger partial charge in [0, 0.05) is 6.04 Å². The molecule has 0 saturated heterocycles. The highest BCUT2D eigenvalue weighted by Crippen LogP contribution is 2.38. The number of rotatable bonds is 2. The molecule has 0 bridgehead atoms. The van der Waals surface area contributed by atoms with Crippen LogP contribution in [0.4, 0.5) is 5.95 Å². The van der Waals surface area contributed by atoms with E-state index in [1.54, 1.807) is 0 Å². The molecule has 1 unspecified atom stereocenters. The summed E-state index contributed by atoms with van der Waals surface area (Å²) < 4.78 is 0. The molecule has 1 saturated carbocycles. The van der Waals surface area contributed by atoms with Crippen molar-refractivity contribution in [2.45, 2.75) is 39.2 Å². The van der Waals surface area contributed by atoms with Gasteiger partial charge in [0.2, 0.25) is 5.95 Å². The van der Waals surface area contributed by atoms with Crippen LogP contribution in [0.5, 0.6) is 0 Å². The Morgan fingerprint density at radius 2 is 2.18 bits per heavy atom. The first-order valence-electron chi connectivity index (χ1n) is 6.34. The summed E-state index contributed by atoms with van der Waals surface area (Å²) in [5.41, 5.74) is 2.61.